The minimum absolute atomic E-state index is 0.704. The predicted octanol–water partition coefficient (Wildman–Crippen LogP) is 3.36. The first-order chi connectivity index (χ1) is 7.69. The first kappa shape index (κ1) is 12.6. The average Bonchev–Trinajstić information content (AvgIpc) is 2.29. The first-order valence-electron chi connectivity index (χ1n) is 5.85. The SMILES string of the molecule is C=C(NCCC)c1ccc(OCC)c(C)c1. The van der Waals surface area contributed by atoms with Crippen molar-refractivity contribution in [3.63, 3.8) is 0 Å². The highest BCUT2D eigenvalue weighted by atomic mass is 16.5. The van der Waals surface area contributed by atoms with Crippen LogP contribution in [0.5, 0.6) is 5.75 Å². The Balaban J connectivity index is 2.76. The van der Waals surface area contributed by atoms with Gasteiger partial charge >= 0.3 is 0 Å². The summed E-state index contributed by atoms with van der Waals surface area (Å²) in [6, 6.07) is 6.16. The fourth-order valence-electron chi connectivity index (χ4n) is 1.53. The molecule has 0 spiro atoms. The molecule has 0 unspecified atom stereocenters. The Labute approximate surface area is 98.3 Å². The van der Waals surface area contributed by atoms with E-state index in [2.05, 4.69) is 31.8 Å². The lowest BCUT2D eigenvalue weighted by Gasteiger charge is -2.12. The Kier molecular flexibility index (Phi) is 4.90. The Bertz CT molecular complexity index is 358. The molecular weight excluding hydrogens is 198 g/mol. The molecule has 1 rings (SSSR count). The maximum absolute atomic E-state index is 5.50. The molecule has 2 heteroatoms. The summed E-state index contributed by atoms with van der Waals surface area (Å²) < 4.78 is 5.50. The lowest BCUT2D eigenvalue weighted by Crippen LogP contribution is -2.12. The highest BCUT2D eigenvalue weighted by Gasteiger charge is 2.02. The van der Waals surface area contributed by atoms with Crippen LogP contribution in [0.2, 0.25) is 0 Å². The van der Waals surface area contributed by atoms with Crippen LogP contribution in [-0.4, -0.2) is 13.2 Å². The Morgan fingerprint density at radius 3 is 2.69 bits per heavy atom. The van der Waals surface area contributed by atoms with Crippen molar-refractivity contribution in [3.8, 4) is 5.75 Å². The summed E-state index contributed by atoms with van der Waals surface area (Å²) in [6.07, 6.45) is 1.11. The molecule has 16 heavy (non-hydrogen) atoms. The third-order valence-corrected chi connectivity index (χ3v) is 2.41. The maximum Gasteiger partial charge on any atom is 0.122 e. The van der Waals surface area contributed by atoms with Gasteiger partial charge in [0.15, 0.2) is 0 Å². The molecule has 0 aliphatic rings. The molecular formula is C14H21NO. The van der Waals surface area contributed by atoms with Crippen LogP contribution < -0.4 is 10.1 Å². The van der Waals surface area contributed by atoms with Crippen molar-refractivity contribution in [2.45, 2.75) is 27.2 Å². The standard InChI is InChI=1S/C14H21NO/c1-5-9-15-12(4)13-7-8-14(16-6-2)11(3)10-13/h7-8,10,15H,4-6,9H2,1-3H3. The highest BCUT2D eigenvalue weighted by Crippen LogP contribution is 2.21. The number of hydrogen-bond acceptors (Lipinski definition) is 2. The van der Waals surface area contributed by atoms with Crippen LogP contribution in [0.4, 0.5) is 0 Å². The predicted molar refractivity (Wildman–Crippen MR) is 69.7 cm³/mol. The number of ether oxygens (including phenoxy) is 1. The quantitative estimate of drug-likeness (QED) is 0.792. The summed E-state index contributed by atoms with van der Waals surface area (Å²) in [5.41, 5.74) is 3.27. The van der Waals surface area contributed by atoms with E-state index in [4.69, 9.17) is 4.74 Å². The molecule has 0 radical (unpaired) electrons. The molecule has 0 aliphatic carbocycles. The molecule has 1 N–H and O–H groups in total. The van der Waals surface area contributed by atoms with Gasteiger partial charge in [-0.15, -0.1) is 0 Å². The molecule has 2 nitrogen and oxygen atoms in total. The second kappa shape index (κ2) is 6.21. The Morgan fingerprint density at radius 2 is 2.12 bits per heavy atom. The molecule has 0 aliphatic heterocycles. The Hall–Kier alpha value is -1.44. The summed E-state index contributed by atoms with van der Waals surface area (Å²) in [5.74, 6) is 0.953. The third-order valence-electron chi connectivity index (χ3n) is 2.41. The fraction of sp³-hybridized carbons (Fsp3) is 0.429. The van der Waals surface area contributed by atoms with E-state index in [1.54, 1.807) is 0 Å². The fourth-order valence-corrected chi connectivity index (χ4v) is 1.53. The van der Waals surface area contributed by atoms with Crippen molar-refractivity contribution in [2.24, 2.45) is 0 Å². The van der Waals surface area contributed by atoms with Gasteiger partial charge in [0.05, 0.1) is 6.61 Å². The molecule has 0 heterocycles. The maximum atomic E-state index is 5.50. The molecule has 0 bridgehead atoms. The van der Waals surface area contributed by atoms with Crippen molar-refractivity contribution in [1.82, 2.24) is 5.32 Å². The average molecular weight is 219 g/mol. The van der Waals surface area contributed by atoms with E-state index in [0.29, 0.717) is 6.61 Å². The van der Waals surface area contributed by atoms with Crippen LogP contribution in [0.25, 0.3) is 5.70 Å². The van der Waals surface area contributed by atoms with Crippen LogP contribution in [0.15, 0.2) is 24.8 Å². The van der Waals surface area contributed by atoms with Crippen molar-refractivity contribution < 1.29 is 4.74 Å². The molecule has 0 saturated carbocycles. The zero-order chi connectivity index (χ0) is 12.0. The van der Waals surface area contributed by atoms with E-state index < -0.39 is 0 Å². The van der Waals surface area contributed by atoms with Crippen LogP contribution in [0, 0.1) is 6.92 Å². The summed E-state index contributed by atoms with van der Waals surface area (Å²) in [6.45, 7) is 11.9. The number of rotatable bonds is 6. The van der Waals surface area contributed by atoms with Gasteiger partial charge in [-0.25, -0.2) is 0 Å². The second-order valence-corrected chi connectivity index (χ2v) is 3.82. The van der Waals surface area contributed by atoms with Gasteiger partial charge in [0.2, 0.25) is 0 Å². The van der Waals surface area contributed by atoms with Crippen molar-refractivity contribution in [3.05, 3.63) is 35.9 Å². The molecule has 0 amide bonds. The molecule has 1 aromatic carbocycles. The number of nitrogens with one attached hydrogen (secondary N) is 1. The summed E-state index contributed by atoms with van der Waals surface area (Å²) >= 11 is 0. The van der Waals surface area contributed by atoms with Gasteiger partial charge < -0.3 is 10.1 Å². The summed E-state index contributed by atoms with van der Waals surface area (Å²) in [4.78, 5) is 0. The smallest absolute Gasteiger partial charge is 0.122 e. The largest absolute Gasteiger partial charge is 0.494 e. The van der Waals surface area contributed by atoms with Crippen LogP contribution >= 0.6 is 0 Å². The van der Waals surface area contributed by atoms with Crippen molar-refractivity contribution in [2.75, 3.05) is 13.2 Å². The van der Waals surface area contributed by atoms with Gasteiger partial charge in [-0.05, 0) is 49.6 Å². The van der Waals surface area contributed by atoms with Gasteiger partial charge in [-0.2, -0.15) is 0 Å². The monoisotopic (exact) mass is 219 g/mol. The third kappa shape index (κ3) is 3.30. The number of hydrogen-bond donors (Lipinski definition) is 1. The topological polar surface area (TPSA) is 21.3 Å². The molecule has 0 aromatic heterocycles. The first-order valence-corrected chi connectivity index (χ1v) is 5.85. The zero-order valence-corrected chi connectivity index (χ0v) is 10.5. The molecule has 1 aromatic rings. The van der Waals surface area contributed by atoms with E-state index in [1.807, 2.05) is 19.1 Å². The minimum atomic E-state index is 0.704. The molecule has 0 atom stereocenters. The molecule has 0 saturated heterocycles. The van der Waals surface area contributed by atoms with Crippen LogP contribution in [0.3, 0.4) is 0 Å². The number of benzene rings is 1. The lowest BCUT2D eigenvalue weighted by atomic mass is 10.1. The molecule has 0 fully saturated rings. The summed E-state index contributed by atoms with van der Waals surface area (Å²) in [5, 5.41) is 3.29. The number of aryl methyl sites for hydroxylation is 1. The normalized spacial score (nSPS) is 9.94. The van der Waals surface area contributed by atoms with Gasteiger partial charge in [0.1, 0.15) is 5.75 Å². The van der Waals surface area contributed by atoms with Gasteiger partial charge in [-0.3, -0.25) is 0 Å². The van der Waals surface area contributed by atoms with E-state index in [0.717, 1.165) is 35.5 Å². The van der Waals surface area contributed by atoms with Crippen molar-refractivity contribution >= 4 is 5.70 Å². The second-order valence-electron chi connectivity index (χ2n) is 3.82. The van der Waals surface area contributed by atoms with E-state index in [-0.39, 0.29) is 0 Å². The zero-order valence-electron chi connectivity index (χ0n) is 10.5. The van der Waals surface area contributed by atoms with Gasteiger partial charge in [0.25, 0.3) is 0 Å². The van der Waals surface area contributed by atoms with E-state index >= 15 is 0 Å². The van der Waals surface area contributed by atoms with E-state index in [9.17, 15) is 0 Å². The van der Waals surface area contributed by atoms with Gasteiger partial charge in [0, 0.05) is 12.2 Å². The summed E-state index contributed by atoms with van der Waals surface area (Å²) in [7, 11) is 0. The lowest BCUT2D eigenvalue weighted by molar-refractivity contribution is 0.338. The van der Waals surface area contributed by atoms with E-state index in [1.165, 1.54) is 0 Å². The Morgan fingerprint density at radius 1 is 1.38 bits per heavy atom. The van der Waals surface area contributed by atoms with Crippen LogP contribution in [-0.2, 0) is 0 Å². The highest BCUT2D eigenvalue weighted by molar-refractivity contribution is 5.63. The van der Waals surface area contributed by atoms with Crippen LogP contribution in [0.1, 0.15) is 31.4 Å². The molecule has 88 valence electrons. The van der Waals surface area contributed by atoms with Gasteiger partial charge in [-0.1, -0.05) is 13.5 Å². The van der Waals surface area contributed by atoms with Crippen molar-refractivity contribution in [1.29, 1.82) is 0 Å². The minimum Gasteiger partial charge on any atom is -0.494 e.